The van der Waals surface area contributed by atoms with Gasteiger partial charge in [0, 0.05) is 13.1 Å². The normalized spacial score (nSPS) is 13.2. The van der Waals surface area contributed by atoms with E-state index in [1.807, 2.05) is 12.1 Å². The van der Waals surface area contributed by atoms with E-state index in [2.05, 4.69) is 31.6 Å². The van der Waals surface area contributed by atoms with Gasteiger partial charge in [0.25, 0.3) is 0 Å². The van der Waals surface area contributed by atoms with E-state index >= 15 is 0 Å². The zero-order chi connectivity index (χ0) is 25.7. The minimum atomic E-state index is -0.331. The third kappa shape index (κ3) is 5.76. The number of nitrogens with one attached hydrogen (secondary N) is 2. The zero-order valence-electron chi connectivity index (χ0n) is 20.0. The van der Waals surface area contributed by atoms with Crippen molar-refractivity contribution >= 4 is 40.6 Å². The van der Waals surface area contributed by atoms with Gasteiger partial charge in [-0.05, 0) is 54.3 Å². The highest BCUT2D eigenvalue weighted by Crippen LogP contribution is 2.34. The van der Waals surface area contributed by atoms with Crippen LogP contribution in [0.25, 0.3) is 0 Å². The lowest BCUT2D eigenvalue weighted by Gasteiger charge is -2.16. The summed E-state index contributed by atoms with van der Waals surface area (Å²) >= 11 is 6.36. The van der Waals surface area contributed by atoms with Crippen molar-refractivity contribution in [3.8, 4) is 17.6 Å². The number of hydrogen-bond acceptors (Lipinski definition) is 9. The molecule has 4 rings (SSSR count). The fourth-order valence-corrected chi connectivity index (χ4v) is 4.22. The monoisotopic (exact) mass is 507 g/mol. The van der Waals surface area contributed by atoms with Crippen molar-refractivity contribution in [1.82, 2.24) is 14.9 Å². The van der Waals surface area contributed by atoms with E-state index in [-0.39, 0.29) is 12.5 Å². The largest absolute Gasteiger partial charge is 0.495 e. The number of carbonyl (C=O) groups is 1. The molecule has 0 saturated heterocycles. The average molecular weight is 508 g/mol. The number of amides is 1. The first kappa shape index (κ1) is 25.0. The van der Waals surface area contributed by atoms with Crippen molar-refractivity contribution in [2.24, 2.45) is 5.73 Å². The van der Waals surface area contributed by atoms with Crippen molar-refractivity contribution in [2.45, 2.75) is 12.8 Å². The number of hydrogen-bond donors (Lipinski definition) is 3. The van der Waals surface area contributed by atoms with Gasteiger partial charge in [0.05, 0.1) is 50.0 Å². The van der Waals surface area contributed by atoms with Crippen LogP contribution >= 0.6 is 11.6 Å². The molecule has 1 amide bonds. The topological polar surface area (TPSA) is 138 Å². The summed E-state index contributed by atoms with van der Waals surface area (Å²) in [4.78, 5) is 22.2. The number of nitrogens with two attached hydrogens (primary N) is 1. The first-order valence-corrected chi connectivity index (χ1v) is 11.6. The fourth-order valence-electron chi connectivity index (χ4n) is 4.08. The zero-order valence-corrected chi connectivity index (χ0v) is 20.7. The summed E-state index contributed by atoms with van der Waals surface area (Å²) in [6, 6.07) is 11.1. The Bertz CT molecular complexity index is 1330. The Morgan fingerprint density at radius 2 is 1.81 bits per heavy atom. The predicted octanol–water partition coefficient (Wildman–Crippen LogP) is 3.39. The maximum absolute atomic E-state index is 11.3. The first-order chi connectivity index (χ1) is 17.4. The SMILES string of the molecule is COc1cc2c(cc1Nc1ncc(Cl)c(Nc3cc(C#N)ccc3OC)n1)CCN(CC(N)=O)CC2. The van der Waals surface area contributed by atoms with Crippen LogP contribution in [0.15, 0.2) is 36.5 Å². The molecule has 11 heteroatoms. The smallest absolute Gasteiger partial charge is 0.231 e. The predicted molar refractivity (Wildman–Crippen MR) is 137 cm³/mol. The van der Waals surface area contributed by atoms with Gasteiger partial charge in [0.2, 0.25) is 11.9 Å². The Labute approximate surface area is 214 Å². The molecule has 0 radical (unpaired) electrons. The summed E-state index contributed by atoms with van der Waals surface area (Å²) in [6.07, 6.45) is 3.04. The second-order valence-corrected chi connectivity index (χ2v) is 8.64. The van der Waals surface area contributed by atoms with Gasteiger partial charge >= 0.3 is 0 Å². The van der Waals surface area contributed by atoms with Crippen LogP contribution in [0.2, 0.25) is 5.02 Å². The molecule has 1 aromatic heterocycles. The summed E-state index contributed by atoms with van der Waals surface area (Å²) in [5, 5.41) is 15.9. The number of benzene rings is 2. The molecule has 0 fully saturated rings. The molecule has 10 nitrogen and oxygen atoms in total. The molecule has 0 unspecified atom stereocenters. The molecule has 186 valence electrons. The number of nitriles is 1. The van der Waals surface area contributed by atoms with Crippen molar-refractivity contribution in [3.63, 3.8) is 0 Å². The lowest BCUT2D eigenvalue weighted by molar-refractivity contribution is -0.119. The molecular weight excluding hydrogens is 482 g/mol. The molecule has 0 atom stereocenters. The van der Waals surface area contributed by atoms with Crippen molar-refractivity contribution in [3.05, 3.63) is 58.2 Å². The molecule has 2 aromatic carbocycles. The van der Waals surface area contributed by atoms with Gasteiger partial charge in [-0.15, -0.1) is 0 Å². The van der Waals surface area contributed by atoms with Crippen LogP contribution in [0, 0.1) is 11.3 Å². The van der Waals surface area contributed by atoms with Gasteiger partial charge in [-0.1, -0.05) is 11.6 Å². The Kier molecular flexibility index (Phi) is 7.73. The molecule has 3 aromatic rings. The molecule has 0 bridgehead atoms. The van der Waals surface area contributed by atoms with E-state index in [0.717, 1.165) is 37.1 Å². The number of carbonyl (C=O) groups excluding carboxylic acids is 1. The van der Waals surface area contributed by atoms with E-state index < -0.39 is 0 Å². The van der Waals surface area contributed by atoms with Crippen molar-refractivity contribution in [2.75, 3.05) is 44.5 Å². The van der Waals surface area contributed by atoms with Crippen LogP contribution in [0.4, 0.5) is 23.1 Å². The lowest BCUT2D eigenvalue weighted by atomic mass is 10.0. The summed E-state index contributed by atoms with van der Waals surface area (Å²) in [6.45, 7) is 1.72. The number of aromatic nitrogens is 2. The maximum Gasteiger partial charge on any atom is 0.231 e. The molecule has 0 saturated carbocycles. The van der Waals surface area contributed by atoms with Crippen LogP contribution in [0.3, 0.4) is 0 Å². The summed E-state index contributed by atoms with van der Waals surface area (Å²) in [7, 11) is 3.14. The Balaban J connectivity index is 1.59. The molecule has 0 aliphatic carbocycles. The molecule has 1 aliphatic rings. The molecule has 4 N–H and O–H groups in total. The molecular formula is C25H26ClN7O3. The number of rotatable bonds is 8. The van der Waals surface area contributed by atoms with Gasteiger partial charge < -0.3 is 25.8 Å². The van der Waals surface area contributed by atoms with Crippen molar-refractivity contribution < 1.29 is 14.3 Å². The van der Waals surface area contributed by atoms with Gasteiger partial charge in [-0.25, -0.2) is 4.98 Å². The second kappa shape index (κ2) is 11.1. The Morgan fingerprint density at radius 1 is 1.11 bits per heavy atom. The number of fused-ring (bicyclic) bond motifs is 1. The summed E-state index contributed by atoms with van der Waals surface area (Å²) in [5.41, 5.74) is 9.40. The molecule has 2 heterocycles. The van der Waals surface area contributed by atoms with Crippen LogP contribution < -0.4 is 25.8 Å². The first-order valence-electron chi connectivity index (χ1n) is 11.2. The molecule has 1 aliphatic heterocycles. The Morgan fingerprint density at radius 3 is 2.47 bits per heavy atom. The highest BCUT2D eigenvalue weighted by molar-refractivity contribution is 6.33. The van der Waals surface area contributed by atoms with Gasteiger partial charge in [-0.2, -0.15) is 10.2 Å². The second-order valence-electron chi connectivity index (χ2n) is 8.23. The standard InChI is InChI=1S/C25H26ClN7O3/c1-35-21-4-3-15(12-27)9-19(21)30-24-18(26)13-29-25(32-24)31-20-10-16-5-7-33(14-23(28)34)8-6-17(16)11-22(20)36-2/h3-4,9-11,13H,5-8,14H2,1-2H3,(H2,28,34)(H2,29,30,31,32). The fraction of sp³-hybridized carbons (Fsp3) is 0.280. The third-order valence-corrected chi connectivity index (χ3v) is 6.14. The minimum absolute atomic E-state index is 0.243. The van der Waals surface area contributed by atoms with E-state index in [0.29, 0.717) is 45.2 Å². The van der Waals surface area contributed by atoms with Crippen LogP contribution in [0.1, 0.15) is 16.7 Å². The van der Waals surface area contributed by atoms with Crippen LogP contribution in [-0.2, 0) is 17.6 Å². The van der Waals surface area contributed by atoms with Crippen LogP contribution in [-0.4, -0.2) is 54.6 Å². The number of methoxy groups -OCH3 is 2. The highest BCUT2D eigenvalue weighted by atomic mass is 35.5. The summed E-state index contributed by atoms with van der Waals surface area (Å²) < 4.78 is 11.0. The van der Waals surface area contributed by atoms with Gasteiger partial charge in [-0.3, -0.25) is 9.69 Å². The average Bonchev–Trinajstić information content (AvgIpc) is 3.06. The number of anilines is 4. The number of halogens is 1. The number of nitrogens with zero attached hydrogens (tertiary/aromatic N) is 4. The van der Waals surface area contributed by atoms with E-state index in [4.69, 9.17) is 26.8 Å². The Hall–Kier alpha value is -4.07. The maximum atomic E-state index is 11.3. The van der Waals surface area contributed by atoms with Gasteiger partial charge in [0.1, 0.15) is 16.5 Å². The quantitative estimate of drug-likeness (QED) is 0.418. The minimum Gasteiger partial charge on any atom is -0.495 e. The lowest BCUT2D eigenvalue weighted by Crippen LogP contribution is -2.35. The van der Waals surface area contributed by atoms with E-state index in [9.17, 15) is 10.1 Å². The van der Waals surface area contributed by atoms with Gasteiger partial charge in [0.15, 0.2) is 5.82 Å². The highest BCUT2D eigenvalue weighted by Gasteiger charge is 2.19. The molecule has 36 heavy (non-hydrogen) atoms. The van der Waals surface area contributed by atoms with E-state index in [1.54, 1.807) is 32.4 Å². The number of primary amides is 1. The van der Waals surface area contributed by atoms with E-state index in [1.165, 1.54) is 6.20 Å². The van der Waals surface area contributed by atoms with Crippen molar-refractivity contribution in [1.29, 1.82) is 5.26 Å². The van der Waals surface area contributed by atoms with Crippen LogP contribution in [0.5, 0.6) is 11.5 Å². The molecule has 0 spiro atoms. The summed E-state index contributed by atoms with van der Waals surface area (Å²) in [5.74, 6) is 1.50. The third-order valence-electron chi connectivity index (χ3n) is 5.87. The number of ether oxygens (including phenoxy) is 2.